The first-order valence-corrected chi connectivity index (χ1v) is 6.94. The fourth-order valence-electron chi connectivity index (χ4n) is 1.83. The monoisotopic (exact) mass is 284 g/mol. The lowest BCUT2D eigenvalue weighted by Gasteiger charge is -2.15. The van der Waals surface area contributed by atoms with Crippen molar-refractivity contribution < 1.29 is 9.90 Å². The highest BCUT2D eigenvalue weighted by Gasteiger charge is 2.12. The molecule has 19 heavy (non-hydrogen) atoms. The van der Waals surface area contributed by atoms with E-state index in [9.17, 15) is 4.79 Å². The van der Waals surface area contributed by atoms with Crippen molar-refractivity contribution in [3.05, 3.63) is 22.8 Å². The third-order valence-electron chi connectivity index (χ3n) is 2.86. The Labute approximate surface area is 119 Å². The zero-order valence-electron chi connectivity index (χ0n) is 11.6. The van der Waals surface area contributed by atoms with Crippen molar-refractivity contribution >= 4 is 23.4 Å². The van der Waals surface area contributed by atoms with E-state index < -0.39 is 5.97 Å². The van der Waals surface area contributed by atoms with Crippen LogP contribution in [0.5, 0.6) is 0 Å². The van der Waals surface area contributed by atoms with E-state index in [2.05, 4.69) is 31.1 Å². The van der Waals surface area contributed by atoms with Crippen LogP contribution in [0.4, 0.5) is 5.82 Å². The highest BCUT2D eigenvalue weighted by atomic mass is 35.5. The standard InChI is InChI=1S/C14H21ClN2O2/c1-9(2)5-4-6-10(3)16-12-8-7-11(15)13(17-12)14(18)19/h7-10H,4-6H2,1-3H3,(H,16,17)(H,18,19). The Morgan fingerprint density at radius 3 is 2.63 bits per heavy atom. The van der Waals surface area contributed by atoms with Crippen LogP contribution in [0, 0.1) is 5.92 Å². The summed E-state index contributed by atoms with van der Waals surface area (Å²) in [7, 11) is 0. The number of aromatic nitrogens is 1. The third-order valence-corrected chi connectivity index (χ3v) is 3.17. The molecule has 0 aliphatic carbocycles. The van der Waals surface area contributed by atoms with Gasteiger partial charge in [-0.25, -0.2) is 9.78 Å². The second-order valence-corrected chi connectivity index (χ2v) is 5.61. The van der Waals surface area contributed by atoms with Crippen molar-refractivity contribution in [3.63, 3.8) is 0 Å². The molecule has 0 aliphatic rings. The first-order chi connectivity index (χ1) is 8.90. The Bertz CT molecular complexity index is 435. The molecule has 0 aromatic carbocycles. The Balaban J connectivity index is 2.57. The Morgan fingerprint density at radius 2 is 2.05 bits per heavy atom. The SMILES string of the molecule is CC(C)CCCC(C)Nc1ccc(Cl)c(C(=O)O)n1. The molecular weight excluding hydrogens is 264 g/mol. The Hall–Kier alpha value is -1.29. The molecule has 0 saturated carbocycles. The van der Waals surface area contributed by atoms with Crippen LogP contribution in [-0.2, 0) is 0 Å². The minimum Gasteiger partial charge on any atom is -0.476 e. The van der Waals surface area contributed by atoms with Crippen molar-refractivity contribution in [2.75, 3.05) is 5.32 Å². The first kappa shape index (κ1) is 15.8. The molecule has 1 heterocycles. The smallest absolute Gasteiger partial charge is 0.356 e. The van der Waals surface area contributed by atoms with Crippen molar-refractivity contribution in [2.45, 2.75) is 46.1 Å². The zero-order chi connectivity index (χ0) is 14.4. The maximum Gasteiger partial charge on any atom is 0.356 e. The van der Waals surface area contributed by atoms with E-state index in [1.807, 2.05) is 0 Å². The second kappa shape index (κ2) is 7.34. The molecule has 4 nitrogen and oxygen atoms in total. The van der Waals surface area contributed by atoms with E-state index in [4.69, 9.17) is 16.7 Å². The van der Waals surface area contributed by atoms with Gasteiger partial charge in [0.15, 0.2) is 5.69 Å². The minimum atomic E-state index is -1.11. The Morgan fingerprint density at radius 1 is 1.37 bits per heavy atom. The number of nitrogens with one attached hydrogen (secondary N) is 1. The molecule has 1 atom stereocenters. The lowest BCUT2D eigenvalue weighted by molar-refractivity contribution is 0.0691. The van der Waals surface area contributed by atoms with Crippen LogP contribution in [0.15, 0.2) is 12.1 Å². The number of carbonyl (C=O) groups is 1. The van der Waals surface area contributed by atoms with E-state index in [1.54, 1.807) is 12.1 Å². The predicted octanol–water partition coefficient (Wildman–Crippen LogP) is 4.06. The van der Waals surface area contributed by atoms with Crippen LogP contribution < -0.4 is 5.32 Å². The Kier molecular flexibility index (Phi) is 6.09. The van der Waals surface area contributed by atoms with Gasteiger partial charge in [0.2, 0.25) is 0 Å². The van der Waals surface area contributed by atoms with Crippen molar-refractivity contribution in [3.8, 4) is 0 Å². The van der Waals surface area contributed by atoms with Crippen molar-refractivity contribution in [2.24, 2.45) is 5.92 Å². The fourth-order valence-corrected chi connectivity index (χ4v) is 2.02. The second-order valence-electron chi connectivity index (χ2n) is 5.20. The topological polar surface area (TPSA) is 62.2 Å². The molecule has 0 radical (unpaired) electrons. The number of hydrogen-bond acceptors (Lipinski definition) is 3. The zero-order valence-corrected chi connectivity index (χ0v) is 12.4. The molecule has 0 saturated heterocycles. The van der Waals surface area contributed by atoms with Gasteiger partial charge in [-0.15, -0.1) is 0 Å². The van der Waals surface area contributed by atoms with E-state index in [-0.39, 0.29) is 16.8 Å². The van der Waals surface area contributed by atoms with Gasteiger partial charge in [-0.1, -0.05) is 38.3 Å². The summed E-state index contributed by atoms with van der Waals surface area (Å²) in [6.07, 6.45) is 3.37. The number of aromatic carboxylic acids is 1. The molecule has 0 bridgehead atoms. The van der Waals surface area contributed by atoms with Gasteiger partial charge >= 0.3 is 5.97 Å². The van der Waals surface area contributed by atoms with Crippen LogP contribution in [0.3, 0.4) is 0 Å². The summed E-state index contributed by atoms with van der Waals surface area (Å²) < 4.78 is 0. The number of nitrogens with zero attached hydrogens (tertiary/aromatic N) is 1. The maximum atomic E-state index is 10.9. The lowest BCUT2D eigenvalue weighted by atomic mass is 10.0. The van der Waals surface area contributed by atoms with Gasteiger partial charge in [0, 0.05) is 6.04 Å². The summed E-state index contributed by atoms with van der Waals surface area (Å²) in [5.41, 5.74) is -0.110. The average Bonchev–Trinajstić information content (AvgIpc) is 2.30. The van der Waals surface area contributed by atoms with Crippen molar-refractivity contribution in [1.82, 2.24) is 4.98 Å². The molecule has 1 aromatic heterocycles. The van der Waals surface area contributed by atoms with Crippen LogP contribution >= 0.6 is 11.6 Å². The van der Waals surface area contributed by atoms with Gasteiger partial charge in [-0.2, -0.15) is 0 Å². The number of carboxylic acids is 1. The number of hydrogen-bond donors (Lipinski definition) is 2. The quantitative estimate of drug-likeness (QED) is 0.792. The maximum absolute atomic E-state index is 10.9. The normalized spacial score (nSPS) is 12.5. The summed E-state index contributed by atoms with van der Waals surface area (Å²) >= 11 is 5.78. The van der Waals surface area contributed by atoms with Gasteiger partial charge < -0.3 is 10.4 Å². The van der Waals surface area contributed by atoms with E-state index >= 15 is 0 Å². The van der Waals surface area contributed by atoms with E-state index in [0.29, 0.717) is 11.7 Å². The minimum absolute atomic E-state index is 0.110. The van der Waals surface area contributed by atoms with Crippen molar-refractivity contribution in [1.29, 1.82) is 0 Å². The van der Waals surface area contributed by atoms with Gasteiger partial charge in [-0.05, 0) is 31.4 Å². The summed E-state index contributed by atoms with van der Waals surface area (Å²) in [5, 5.41) is 12.3. The highest BCUT2D eigenvalue weighted by molar-refractivity contribution is 6.33. The predicted molar refractivity (Wildman–Crippen MR) is 78.0 cm³/mol. The highest BCUT2D eigenvalue weighted by Crippen LogP contribution is 2.18. The number of rotatable bonds is 7. The molecule has 5 heteroatoms. The van der Waals surface area contributed by atoms with E-state index in [0.717, 1.165) is 12.8 Å². The summed E-state index contributed by atoms with van der Waals surface area (Å²) in [5.74, 6) is 0.152. The molecule has 106 valence electrons. The van der Waals surface area contributed by atoms with Gasteiger partial charge in [-0.3, -0.25) is 0 Å². The van der Waals surface area contributed by atoms with Gasteiger partial charge in [0.05, 0.1) is 5.02 Å². The number of carboxylic acid groups (broad SMARTS) is 1. The summed E-state index contributed by atoms with van der Waals surface area (Å²) in [4.78, 5) is 14.9. The lowest BCUT2D eigenvalue weighted by Crippen LogP contribution is -2.17. The first-order valence-electron chi connectivity index (χ1n) is 6.56. The molecule has 2 N–H and O–H groups in total. The fraction of sp³-hybridized carbons (Fsp3) is 0.571. The third kappa shape index (κ3) is 5.47. The van der Waals surface area contributed by atoms with Crippen LogP contribution in [0.2, 0.25) is 5.02 Å². The summed E-state index contributed by atoms with van der Waals surface area (Å²) in [6, 6.07) is 3.52. The largest absolute Gasteiger partial charge is 0.476 e. The van der Waals surface area contributed by atoms with Crippen LogP contribution in [0.1, 0.15) is 50.5 Å². The molecule has 0 fully saturated rings. The van der Waals surface area contributed by atoms with Crippen LogP contribution in [0.25, 0.3) is 0 Å². The van der Waals surface area contributed by atoms with Gasteiger partial charge in [0.25, 0.3) is 0 Å². The van der Waals surface area contributed by atoms with E-state index in [1.165, 1.54) is 6.42 Å². The molecule has 0 aliphatic heterocycles. The number of halogens is 1. The molecular formula is C14H21ClN2O2. The molecule has 0 spiro atoms. The summed E-state index contributed by atoms with van der Waals surface area (Å²) in [6.45, 7) is 6.48. The molecule has 1 unspecified atom stereocenters. The average molecular weight is 285 g/mol. The number of anilines is 1. The molecule has 0 amide bonds. The number of pyridine rings is 1. The molecule has 1 rings (SSSR count). The van der Waals surface area contributed by atoms with Gasteiger partial charge in [0.1, 0.15) is 5.82 Å². The molecule has 1 aromatic rings. The van der Waals surface area contributed by atoms with Crippen LogP contribution in [-0.4, -0.2) is 22.1 Å².